The smallest absolute Gasteiger partial charge is 0.284 e. The first-order valence-electron chi connectivity index (χ1n) is 9.85. The molecule has 4 rings (SSSR count). The van der Waals surface area contributed by atoms with Crippen LogP contribution in [0.3, 0.4) is 0 Å². The Hall–Kier alpha value is -3.46. The van der Waals surface area contributed by atoms with E-state index in [-0.39, 0.29) is 39.8 Å². The van der Waals surface area contributed by atoms with Crippen LogP contribution in [0.1, 0.15) is 48.0 Å². The summed E-state index contributed by atoms with van der Waals surface area (Å²) in [6.07, 6.45) is -2.54. The molecule has 0 aromatic carbocycles. The molecule has 0 saturated heterocycles. The van der Waals surface area contributed by atoms with Crippen LogP contribution in [0, 0.1) is 11.3 Å². The summed E-state index contributed by atoms with van der Waals surface area (Å²) in [6.45, 7) is 4.59. The summed E-state index contributed by atoms with van der Waals surface area (Å²) in [5, 5.41) is 13.7. The molecule has 0 saturated carbocycles. The molecule has 0 radical (unpaired) electrons. The molecule has 0 bridgehead atoms. The van der Waals surface area contributed by atoms with Crippen molar-refractivity contribution in [2.75, 3.05) is 10.7 Å². The molecular weight excluding hydrogens is 459 g/mol. The average Bonchev–Trinajstić information content (AvgIpc) is 3.30. The van der Waals surface area contributed by atoms with Gasteiger partial charge >= 0.3 is 6.18 Å². The van der Waals surface area contributed by atoms with Crippen molar-refractivity contribution in [3.63, 3.8) is 0 Å². The number of hydrogen-bond acceptors (Lipinski definition) is 6. The van der Waals surface area contributed by atoms with Crippen molar-refractivity contribution in [1.29, 1.82) is 5.26 Å². The van der Waals surface area contributed by atoms with E-state index in [0.29, 0.717) is 17.8 Å². The molecule has 0 spiro atoms. The normalized spacial score (nSPS) is 14.6. The first-order chi connectivity index (χ1) is 15.3. The molecule has 12 heteroatoms. The average molecular weight is 477 g/mol. The largest absolute Gasteiger partial charge is 0.417 e. The number of pyridine rings is 2. The van der Waals surface area contributed by atoms with Crippen molar-refractivity contribution in [1.82, 2.24) is 14.6 Å². The summed E-state index contributed by atoms with van der Waals surface area (Å²) < 4.78 is 66.4. The van der Waals surface area contributed by atoms with Gasteiger partial charge < -0.3 is 0 Å². The van der Waals surface area contributed by atoms with Crippen molar-refractivity contribution in [2.45, 2.75) is 43.8 Å². The predicted molar refractivity (Wildman–Crippen MR) is 111 cm³/mol. The number of amides is 1. The van der Waals surface area contributed by atoms with E-state index in [9.17, 15) is 31.6 Å². The van der Waals surface area contributed by atoms with E-state index in [0.717, 1.165) is 4.90 Å². The lowest BCUT2D eigenvalue weighted by molar-refractivity contribution is -0.137. The van der Waals surface area contributed by atoms with Crippen LogP contribution >= 0.6 is 0 Å². The molecule has 172 valence electrons. The third kappa shape index (κ3) is 3.62. The lowest BCUT2D eigenvalue weighted by atomic mass is 9.88. The standard InChI is InChI=1S/C21H18F3N5O3S/c1-4-33(31,32)17-16-6-5-12(20(2,3)11-25)9-29(16)27-18(17)28-10-15-14(19(28)30)7-13(8-26-15)21(22,23)24/h5-9H,4,10H2,1-3H3. The second-order valence-electron chi connectivity index (χ2n) is 8.15. The highest BCUT2D eigenvalue weighted by atomic mass is 32.2. The third-order valence-electron chi connectivity index (χ3n) is 5.60. The fourth-order valence-corrected chi connectivity index (χ4v) is 4.76. The number of hydrogen-bond donors (Lipinski definition) is 0. The maximum absolute atomic E-state index is 13.1. The summed E-state index contributed by atoms with van der Waals surface area (Å²) in [5.74, 6) is -1.30. The minimum Gasteiger partial charge on any atom is -0.284 e. The van der Waals surface area contributed by atoms with Gasteiger partial charge in [0.05, 0.1) is 46.1 Å². The van der Waals surface area contributed by atoms with Gasteiger partial charge in [-0.3, -0.25) is 14.7 Å². The Kier molecular flexibility index (Phi) is 5.01. The van der Waals surface area contributed by atoms with Gasteiger partial charge in [-0.15, -0.1) is 5.10 Å². The molecule has 33 heavy (non-hydrogen) atoms. The SMILES string of the molecule is CCS(=O)(=O)c1c(N2Cc3ncc(C(F)(F)F)cc3C2=O)nn2cc(C(C)(C)C#N)ccc12. The Balaban J connectivity index is 1.90. The number of carbonyl (C=O) groups excluding carboxylic acids is 1. The lowest BCUT2D eigenvalue weighted by Gasteiger charge is -2.15. The Morgan fingerprint density at radius 2 is 1.91 bits per heavy atom. The number of nitriles is 1. The molecule has 4 heterocycles. The van der Waals surface area contributed by atoms with Crippen LogP contribution in [0.2, 0.25) is 0 Å². The Morgan fingerprint density at radius 1 is 1.21 bits per heavy atom. The van der Waals surface area contributed by atoms with Crippen molar-refractivity contribution in [2.24, 2.45) is 0 Å². The minimum absolute atomic E-state index is 0.0937. The van der Waals surface area contributed by atoms with E-state index in [1.54, 1.807) is 19.9 Å². The van der Waals surface area contributed by atoms with Gasteiger partial charge in [0.2, 0.25) is 0 Å². The number of rotatable bonds is 4. The van der Waals surface area contributed by atoms with Crippen molar-refractivity contribution in [3.05, 3.63) is 53.0 Å². The van der Waals surface area contributed by atoms with Crippen molar-refractivity contribution in [3.8, 4) is 6.07 Å². The highest BCUT2D eigenvalue weighted by Gasteiger charge is 2.39. The molecule has 1 aliphatic heterocycles. The third-order valence-corrected chi connectivity index (χ3v) is 7.37. The predicted octanol–water partition coefficient (Wildman–Crippen LogP) is 3.50. The van der Waals surface area contributed by atoms with Crippen LogP contribution in [0.15, 0.2) is 35.5 Å². The summed E-state index contributed by atoms with van der Waals surface area (Å²) >= 11 is 0. The van der Waals surface area contributed by atoms with Crippen LogP contribution in [0.25, 0.3) is 5.52 Å². The molecule has 0 fully saturated rings. The summed E-state index contributed by atoms with van der Waals surface area (Å²) in [4.78, 5) is 17.6. The second-order valence-corrected chi connectivity index (χ2v) is 10.4. The molecule has 0 N–H and O–H groups in total. The van der Waals surface area contributed by atoms with Gasteiger partial charge in [0.15, 0.2) is 15.7 Å². The lowest BCUT2D eigenvalue weighted by Crippen LogP contribution is -2.25. The zero-order chi connectivity index (χ0) is 24.3. The maximum atomic E-state index is 13.1. The molecule has 3 aromatic rings. The molecule has 1 aliphatic rings. The van der Waals surface area contributed by atoms with Gasteiger partial charge in [-0.25, -0.2) is 12.9 Å². The molecule has 0 unspecified atom stereocenters. The van der Waals surface area contributed by atoms with E-state index in [2.05, 4.69) is 16.2 Å². The number of sulfone groups is 1. The van der Waals surface area contributed by atoms with Crippen LogP contribution in [-0.2, 0) is 28.0 Å². The molecule has 1 amide bonds. The fourth-order valence-electron chi connectivity index (χ4n) is 3.56. The van der Waals surface area contributed by atoms with Gasteiger partial charge in [-0.1, -0.05) is 13.0 Å². The number of halogens is 3. The summed E-state index contributed by atoms with van der Waals surface area (Å²) in [5.41, 5.74) is -1.36. The maximum Gasteiger partial charge on any atom is 0.417 e. The van der Waals surface area contributed by atoms with Gasteiger partial charge in [0.1, 0.15) is 4.90 Å². The highest BCUT2D eigenvalue weighted by Crippen LogP contribution is 2.37. The number of fused-ring (bicyclic) bond motifs is 2. The number of anilines is 1. The monoisotopic (exact) mass is 477 g/mol. The first-order valence-corrected chi connectivity index (χ1v) is 11.5. The molecular formula is C21H18F3N5O3S. The second kappa shape index (κ2) is 7.28. The van der Waals surface area contributed by atoms with Crippen molar-refractivity contribution >= 4 is 27.1 Å². The van der Waals surface area contributed by atoms with Crippen molar-refractivity contribution < 1.29 is 26.4 Å². The molecule has 0 atom stereocenters. The zero-order valence-corrected chi connectivity index (χ0v) is 18.6. The number of alkyl halides is 3. The van der Waals surface area contributed by atoms with Gasteiger partial charge in [0, 0.05) is 12.4 Å². The molecule has 3 aromatic heterocycles. The number of carbonyl (C=O) groups is 1. The zero-order valence-electron chi connectivity index (χ0n) is 17.8. The highest BCUT2D eigenvalue weighted by molar-refractivity contribution is 7.91. The minimum atomic E-state index is -4.68. The number of nitrogens with zero attached hydrogens (tertiary/aromatic N) is 5. The Bertz CT molecular complexity index is 1450. The van der Waals surface area contributed by atoms with E-state index in [4.69, 9.17) is 0 Å². The van der Waals surface area contributed by atoms with Gasteiger partial charge in [0.25, 0.3) is 5.91 Å². The van der Waals surface area contributed by atoms with E-state index < -0.39 is 32.9 Å². The topological polar surface area (TPSA) is 108 Å². The van der Waals surface area contributed by atoms with E-state index >= 15 is 0 Å². The quantitative estimate of drug-likeness (QED) is 0.569. The van der Waals surface area contributed by atoms with E-state index in [1.165, 1.54) is 23.7 Å². The summed E-state index contributed by atoms with van der Waals surface area (Å²) in [6, 6.07) is 5.97. The van der Waals surface area contributed by atoms with Crippen LogP contribution in [0.5, 0.6) is 0 Å². The van der Waals surface area contributed by atoms with E-state index in [1.807, 2.05) is 0 Å². The van der Waals surface area contributed by atoms with Gasteiger partial charge in [-0.2, -0.15) is 18.4 Å². The van der Waals surface area contributed by atoms with Crippen LogP contribution < -0.4 is 4.90 Å². The van der Waals surface area contributed by atoms with Gasteiger partial charge in [-0.05, 0) is 31.5 Å². The first kappa shape index (κ1) is 22.7. The van der Waals surface area contributed by atoms with Crippen LogP contribution in [-0.4, -0.2) is 34.7 Å². The number of aromatic nitrogens is 3. The Morgan fingerprint density at radius 3 is 2.52 bits per heavy atom. The van der Waals surface area contributed by atoms with Crippen LogP contribution in [0.4, 0.5) is 19.0 Å². The molecule has 8 nitrogen and oxygen atoms in total. The fraction of sp³-hybridized carbons (Fsp3) is 0.333. The summed E-state index contributed by atoms with van der Waals surface area (Å²) in [7, 11) is -3.89. The Labute approximate surface area is 187 Å². The molecule has 0 aliphatic carbocycles.